The molecule has 1 aromatic carbocycles. The first-order chi connectivity index (χ1) is 14.9. The highest BCUT2D eigenvalue weighted by atomic mass is 79.9. The number of ether oxygens (including phenoxy) is 1. The van der Waals surface area contributed by atoms with Gasteiger partial charge in [-0.25, -0.2) is 13.4 Å². The Morgan fingerprint density at radius 3 is 2.39 bits per heavy atom. The zero-order chi connectivity index (χ0) is 22.0. The number of piperazine rings is 1. The summed E-state index contributed by atoms with van der Waals surface area (Å²) in [7, 11) is -3.67. The second-order valence-electron chi connectivity index (χ2n) is 7.78. The van der Waals surface area contributed by atoms with Gasteiger partial charge in [0.25, 0.3) is 0 Å². The van der Waals surface area contributed by atoms with E-state index in [1.54, 1.807) is 18.2 Å². The average molecular weight is 510 g/mol. The molecule has 0 N–H and O–H groups in total. The van der Waals surface area contributed by atoms with E-state index in [4.69, 9.17) is 9.72 Å². The summed E-state index contributed by atoms with van der Waals surface area (Å²) in [5.41, 5.74) is 0.928. The molecule has 31 heavy (non-hydrogen) atoms. The number of benzene rings is 1. The maximum absolute atomic E-state index is 13.3. The number of aryl methyl sites for hydroxylation is 1. The first-order valence-corrected chi connectivity index (χ1v) is 12.9. The lowest BCUT2D eigenvalue weighted by Gasteiger charge is -2.34. The van der Waals surface area contributed by atoms with Crippen LogP contribution in [0.3, 0.4) is 0 Å². The minimum atomic E-state index is -3.67. The molecule has 0 radical (unpaired) electrons. The van der Waals surface area contributed by atoms with Gasteiger partial charge in [-0.2, -0.15) is 9.29 Å². The van der Waals surface area contributed by atoms with Crippen LogP contribution in [0.25, 0.3) is 0 Å². The normalized spacial score (nSPS) is 17.9. The molecule has 2 aliphatic heterocycles. The molecular weight excluding hydrogens is 482 g/mol. The maximum atomic E-state index is 13.3. The Labute approximate surface area is 192 Å². The molecule has 0 amide bonds. The molecule has 0 saturated carbocycles. The summed E-state index contributed by atoms with van der Waals surface area (Å²) in [5.74, 6) is 2.02. The van der Waals surface area contributed by atoms with Gasteiger partial charge in [0.05, 0.1) is 6.61 Å². The molecule has 8 nitrogen and oxygen atoms in total. The molecule has 2 saturated heterocycles. The van der Waals surface area contributed by atoms with E-state index < -0.39 is 10.0 Å². The lowest BCUT2D eigenvalue weighted by Crippen LogP contribution is -2.49. The van der Waals surface area contributed by atoms with Crippen LogP contribution < -0.4 is 14.5 Å². The van der Waals surface area contributed by atoms with Gasteiger partial charge < -0.3 is 14.5 Å². The second kappa shape index (κ2) is 9.30. The third kappa shape index (κ3) is 4.80. The van der Waals surface area contributed by atoms with Crippen molar-refractivity contribution in [1.82, 2.24) is 14.3 Å². The molecule has 168 valence electrons. The van der Waals surface area contributed by atoms with Crippen LogP contribution in [0.5, 0.6) is 5.75 Å². The van der Waals surface area contributed by atoms with Crippen LogP contribution in [-0.2, 0) is 10.0 Å². The van der Waals surface area contributed by atoms with E-state index in [-0.39, 0.29) is 4.90 Å². The van der Waals surface area contributed by atoms with E-state index >= 15 is 0 Å². The average Bonchev–Trinajstić information content (AvgIpc) is 3.30. The molecular formula is C21H28BrN5O3S. The molecule has 2 aromatic rings. The van der Waals surface area contributed by atoms with Gasteiger partial charge >= 0.3 is 0 Å². The molecule has 0 bridgehead atoms. The Hall–Kier alpha value is -1.91. The van der Waals surface area contributed by atoms with Crippen molar-refractivity contribution in [3.8, 4) is 5.75 Å². The number of sulfonamides is 1. The molecule has 2 fully saturated rings. The lowest BCUT2D eigenvalue weighted by molar-refractivity contribution is 0.327. The first kappa shape index (κ1) is 22.3. The summed E-state index contributed by atoms with van der Waals surface area (Å²) in [5, 5.41) is 0. The minimum absolute atomic E-state index is 0.195. The minimum Gasteiger partial charge on any atom is -0.492 e. The topological polar surface area (TPSA) is 78.9 Å². The van der Waals surface area contributed by atoms with Gasteiger partial charge in [0.1, 0.15) is 16.5 Å². The molecule has 4 rings (SSSR count). The second-order valence-corrected chi connectivity index (χ2v) is 10.6. The molecule has 2 aliphatic rings. The number of halogens is 1. The highest BCUT2D eigenvalue weighted by Crippen LogP contribution is 2.31. The van der Waals surface area contributed by atoms with Gasteiger partial charge in [0, 0.05) is 55.5 Å². The monoisotopic (exact) mass is 509 g/mol. The van der Waals surface area contributed by atoms with Gasteiger partial charge in [-0.1, -0.05) is 15.9 Å². The Morgan fingerprint density at radius 1 is 1.00 bits per heavy atom. The van der Waals surface area contributed by atoms with Crippen molar-refractivity contribution >= 4 is 37.7 Å². The third-order valence-electron chi connectivity index (χ3n) is 5.60. The SMILES string of the molecule is CCOc1ccc(Br)cc1S(=O)(=O)N1CCN(c2nc(C)cc(N3CCCC3)n2)CC1. The number of aromatic nitrogens is 2. The van der Waals surface area contributed by atoms with Crippen LogP contribution in [0.4, 0.5) is 11.8 Å². The summed E-state index contributed by atoms with van der Waals surface area (Å²) in [6, 6.07) is 7.11. The number of nitrogens with zero attached hydrogens (tertiary/aromatic N) is 5. The molecule has 3 heterocycles. The van der Waals surface area contributed by atoms with Crippen molar-refractivity contribution in [1.29, 1.82) is 0 Å². The quantitative estimate of drug-likeness (QED) is 0.591. The molecule has 0 unspecified atom stereocenters. The summed E-state index contributed by atoms with van der Waals surface area (Å²) in [4.78, 5) is 14.0. The van der Waals surface area contributed by atoms with Gasteiger partial charge in [-0.3, -0.25) is 0 Å². The predicted molar refractivity (Wildman–Crippen MR) is 124 cm³/mol. The highest BCUT2D eigenvalue weighted by molar-refractivity contribution is 9.10. The molecule has 1 aromatic heterocycles. The van der Waals surface area contributed by atoms with E-state index in [2.05, 4.69) is 30.7 Å². The third-order valence-corrected chi connectivity index (χ3v) is 8.02. The fourth-order valence-corrected chi connectivity index (χ4v) is 6.10. The van der Waals surface area contributed by atoms with Crippen molar-refractivity contribution in [2.45, 2.75) is 31.6 Å². The Morgan fingerprint density at radius 2 is 1.71 bits per heavy atom. The number of hydrogen-bond donors (Lipinski definition) is 0. The molecule has 0 spiro atoms. The number of anilines is 2. The Balaban J connectivity index is 1.51. The number of hydrogen-bond acceptors (Lipinski definition) is 7. The summed E-state index contributed by atoms with van der Waals surface area (Å²) in [6.07, 6.45) is 2.38. The number of rotatable bonds is 6. The van der Waals surface area contributed by atoms with E-state index in [0.717, 1.165) is 24.6 Å². The fraction of sp³-hybridized carbons (Fsp3) is 0.524. The smallest absolute Gasteiger partial charge is 0.246 e. The highest BCUT2D eigenvalue weighted by Gasteiger charge is 2.32. The van der Waals surface area contributed by atoms with Crippen LogP contribution in [-0.4, -0.2) is 68.6 Å². The van der Waals surface area contributed by atoms with Crippen molar-refractivity contribution in [2.75, 3.05) is 55.7 Å². The molecule has 10 heteroatoms. The first-order valence-electron chi connectivity index (χ1n) is 10.7. The molecule has 0 aliphatic carbocycles. The maximum Gasteiger partial charge on any atom is 0.246 e. The van der Waals surface area contributed by atoms with Crippen molar-refractivity contribution in [3.63, 3.8) is 0 Å². The van der Waals surface area contributed by atoms with Crippen molar-refractivity contribution < 1.29 is 13.2 Å². The van der Waals surface area contributed by atoms with Gasteiger partial charge in [-0.05, 0) is 44.9 Å². The van der Waals surface area contributed by atoms with Gasteiger partial charge in [0.15, 0.2) is 0 Å². The zero-order valence-corrected chi connectivity index (χ0v) is 20.3. The van der Waals surface area contributed by atoms with Crippen LogP contribution in [0, 0.1) is 6.92 Å². The van der Waals surface area contributed by atoms with Crippen LogP contribution >= 0.6 is 15.9 Å². The standard InChI is InChI=1S/C21H28BrN5O3S/c1-3-30-18-7-6-17(22)15-19(18)31(28,29)27-12-10-26(11-13-27)21-23-16(2)14-20(24-21)25-8-4-5-9-25/h6-7,14-15H,3-5,8-13H2,1-2H3. The van der Waals surface area contributed by atoms with E-state index in [1.807, 2.05) is 19.9 Å². The summed E-state index contributed by atoms with van der Waals surface area (Å²) >= 11 is 3.38. The van der Waals surface area contributed by atoms with Crippen LogP contribution in [0.1, 0.15) is 25.5 Å². The van der Waals surface area contributed by atoms with Crippen molar-refractivity contribution in [2.24, 2.45) is 0 Å². The van der Waals surface area contributed by atoms with Gasteiger partial charge in [-0.15, -0.1) is 0 Å². The summed E-state index contributed by atoms with van der Waals surface area (Å²) in [6.45, 7) is 8.10. The lowest BCUT2D eigenvalue weighted by atomic mass is 10.3. The zero-order valence-electron chi connectivity index (χ0n) is 17.9. The summed E-state index contributed by atoms with van der Waals surface area (Å²) < 4.78 is 34.5. The van der Waals surface area contributed by atoms with Crippen LogP contribution in [0.2, 0.25) is 0 Å². The van der Waals surface area contributed by atoms with Crippen molar-refractivity contribution in [3.05, 3.63) is 34.4 Å². The van der Waals surface area contributed by atoms with E-state index in [9.17, 15) is 8.42 Å². The largest absolute Gasteiger partial charge is 0.492 e. The van der Waals surface area contributed by atoms with Gasteiger partial charge in [0.2, 0.25) is 16.0 Å². The Kier molecular flexibility index (Phi) is 6.68. The predicted octanol–water partition coefficient (Wildman–Crippen LogP) is 3.06. The fourth-order valence-electron chi connectivity index (χ4n) is 4.01. The Bertz CT molecular complexity index is 1040. The van der Waals surface area contributed by atoms with Crippen LogP contribution in [0.15, 0.2) is 33.6 Å². The van der Waals surface area contributed by atoms with E-state index in [1.165, 1.54) is 17.1 Å². The van der Waals surface area contributed by atoms with E-state index in [0.29, 0.717) is 49.0 Å². The molecule has 0 atom stereocenters.